The Hall–Kier alpha value is -3.45. The van der Waals surface area contributed by atoms with Gasteiger partial charge in [0.1, 0.15) is 16.4 Å². The summed E-state index contributed by atoms with van der Waals surface area (Å²) in [4.78, 5) is 28.5. The lowest BCUT2D eigenvalue weighted by molar-refractivity contribution is -0.141. The number of benzene rings is 2. The molecule has 2 aromatic carbocycles. The van der Waals surface area contributed by atoms with E-state index in [4.69, 9.17) is 21.4 Å². The monoisotopic (exact) mass is 465 g/mol. The van der Waals surface area contributed by atoms with E-state index in [1.807, 2.05) is 62.4 Å². The number of hydrogen-bond acceptors (Lipinski definition) is 5. The van der Waals surface area contributed by atoms with Crippen LogP contribution in [0, 0.1) is 6.92 Å². The van der Waals surface area contributed by atoms with Gasteiger partial charge in [-0.2, -0.15) is 5.10 Å². The summed E-state index contributed by atoms with van der Waals surface area (Å²) in [7, 11) is 0. The van der Waals surface area contributed by atoms with Crippen LogP contribution in [-0.2, 0) is 9.59 Å². The molecule has 1 N–H and O–H groups in total. The Morgan fingerprint density at radius 1 is 1.18 bits per heavy atom. The van der Waals surface area contributed by atoms with E-state index in [1.54, 1.807) is 0 Å². The summed E-state index contributed by atoms with van der Waals surface area (Å²) >= 11 is 6.62. The number of carbonyl (C=O) groups is 2. The summed E-state index contributed by atoms with van der Waals surface area (Å²) in [6.07, 6.45) is 0.0302. The molecule has 0 unspecified atom stereocenters. The van der Waals surface area contributed by atoms with Gasteiger partial charge in [0, 0.05) is 23.8 Å². The van der Waals surface area contributed by atoms with Gasteiger partial charge in [-0.05, 0) is 31.5 Å². The smallest absolute Gasteiger partial charge is 0.303 e. The molecule has 2 heterocycles. The molecule has 1 aliphatic heterocycles. The van der Waals surface area contributed by atoms with Crippen LogP contribution >= 0.6 is 11.6 Å². The summed E-state index contributed by atoms with van der Waals surface area (Å²) in [5.74, 6) is -0.764. The van der Waals surface area contributed by atoms with Crippen LogP contribution in [0.4, 0.5) is 0 Å². The number of carboxylic acids is 1. The first-order chi connectivity index (χ1) is 15.9. The van der Waals surface area contributed by atoms with Crippen LogP contribution < -0.4 is 4.74 Å². The first kappa shape index (κ1) is 22.7. The summed E-state index contributed by atoms with van der Waals surface area (Å²) in [5.41, 5.74) is 4.07. The zero-order chi connectivity index (χ0) is 23.5. The molecule has 170 valence electrons. The molecule has 0 saturated carbocycles. The standard InChI is InChI=1S/C25H24ClN3O4/c1-3-33-21-6-4-5-17-13-18(25(26)27-24(17)21)20-14-19(16-9-7-15(2)8-10-16)28-29(20)22(30)11-12-23(31)32/h4-10,13,20H,3,11-12,14H2,1-2H3,(H,31,32)/t20-/m0/s1. The molecule has 33 heavy (non-hydrogen) atoms. The number of aryl methyl sites for hydroxylation is 1. The maximum Gasteiger partial charge on any atom is 0.303 e. The van der Waals surface area contributed by atoms with Gasteiger partial charge >= 0.3 is 5.97 Å². The van der Waals surface area contributed by atoms with Crippen LogP contribution in [0.25, 0.3) is 10.9 Å². The first-order valence-electron chi connectivity index (χ1n) is 10.8. The highest BCUT2D eigenvalue weighted by atomic mass is 35.5. The van der Waals surface area contributed by atoms with E-state index < -0.39 is 12.0 Å². The number of ether oxygens (including phenoxy) is 1. The Balaban J connectivity index is 1.74. The van der Waals surface area contributed by atoms with Crippen molar-refractivity contribution in [1.82, 2.24) is 9.99 Å². The Kier molecular flexibility index (Phi) is 6.60. The number of carboxylic acid groups (broad SMARTS) is 1. The van der Waals surface area contributed by atoms with Gasteiger partial charge in [0.05, 0.1) is 24.8 Å². The van der Waals surface area contributed by atoms with Crippen molar-refractivity contribution in [2.75, 3.05) is 6.61 Å². The number of aliphatic carboxylic acids is 1. The average Bonchev–Trinajstić information content (AvgIpc) is 3.23. The Bertz CT molecular complexity index is 1240. The number of fused-ring (bicyclic) bond motifs is 1. The predicted octanol–water partition coefficient (Wildman–Crippen LogP) is 5.14. The van der Waals surface area contributed by atoms with Crippen LogP contribution in [0.1, 0.15) is 48.9 Å². The highest BCUT2D eigenvalue weighted by Gasteiger charge is 2.35. The fourth-order valence-corrected chi connectivity index (χ4v) is 4.17. The fourth-order valence-electron chi connectivity index (χ4n) is 3.90. The average molecular weight is 466 g/mol. The van der Waals surface area contributed by atoms with Gasteiger partial charge in [-0.15, -0.1) is 0 Å². The Morgan fingerprint density at radius 2 is 1.94 bits per heavy atom. The van der Waals surface area contributed by atoms with Crippen molar-refractivity contribution in [3.05, 3.63) is 70.4 Å². The maximum atomic E-state index is 13.0. The third-order valence-corrected chi connectivity index (χ3v) is 5.85. The SMILES string of the molecule is CCOc1cccc2cc([C@@H]3CC(c4ccc(C)cc4)=NN3C(=O)CCC(=O)O)c(Cl)nc12. The molecule has 0 bridgehead atoms. The van der Waals surface area contributed by atoms with Crippen LogP contribution in [0.2, 0.25) is 5.15 Å². The minimum Gasteiger partial charge on any atom is -0.492 e. The molecule has 1 amide bonds. The number of rotatable bonds is 7. The second kappa shape index (κ2) is 9.58. The molecule has 4 rings (SSSR count). The zero-order valence-corrected chi connectivity index (χ0v) is 19.2. The number of nitrogens with zero attached hydrogens (tertiary/aromatic N) is 3. The molecule has 0 spiro atoms. The molecular weight excluding hydrogens is 442 g/mol. The van der Waals surface area contributed by atoms with E-state index in [2.05, 4.69) is 10.1 Å². The van der Waals surface area contributed by atoms with Gasteiger partial charge < -0.3 is 9.84 Å². The molecule has 3 aromatic rings. The topological polar surface area (TPSA) is 92.1 Å². The van der Waals surface area contributed by atoms with Crippen molar-refractivity contribution >= 4 is 40.1 Å². The molecular formula is C25H24ClN3O4. The number of pyridine rings is 1. The maximum absolute atomic E-state index is 13.0. The highest BCUT2D eigenvalue weighted by molar-refractivity contribution is 6.30. The van der Waals surface area contributed by atoms with Crippen molar-refractivity contribution in [2.45, 2.75) is 39.2 Å². The fraction of sp³-hybridized carbons (Fsp3) is 0.280. The molecule has 1 aliphatic rings. The number of halogens is 1. The second-order valence-electron chi connectivity index (χ2n) is 7.89. The van der Waals surface area contributed by atoms with Crippen molar-refractivity contribution in [2.24, 2.45) is 5.10 Å². The minimum absolute atomic E-state index is 0.149. The van der Waals surface area contributed by atoms with Crippen LogP contribution in [0.3, 0.4) is 0 Å². The number of aromatic nitrogens is 1. The molecule has 0 aliphatic carbocycles. The van der Waals surface area contributed by atoms with E-state index in [0.717, 1.165) is 22.2 Å². The summed E-state index contributed by atoms with van der Waals surface area (Å²) in [6.45, 7) is 4.40. The van der Waals surface area contributed by atoms with Gasteiger partial charge in [0.2, 0.25) is 5.91 Å². The Morgan fingerprint density at radius 3 is 2.64 bits per heavy atom. The van der Waals surface area contributed by atoms with Gasteiger partial charge in [-0.3, -0.25) is 9.59 Å². The summed E-state index contributed by atoms with van der Waals surface area (Å²) in [5, 5.41) is 16.1. The van der Waals surface area contributed by atoms with Crippen molar-refractivity contribution in [1.29, 1.82) is 0 Å². The molecule has 0 radical (unpaired) electrons. The number of para-hydroxylation sites is 1. The van der Waals surface area contributed by atoms with E-state index in [9.17, 15) is 9.59 Å². The Labute approximate surface area is 196 Å². The normalized spacial score (nSPS) is 15.5. The van der Waals surface area contributed by atoms with Crippen molar-refractivity contribution < 1.29 is 19.4 Å². The summed E-state index contributed by atoms with van der Waals surface area (Å²) < 4.78 is 5.67. The lowest BCUT2D eigenvalue weighted by Crippen LogP contribution is -2.27. The lowest BCUT2D eigenvalue weighted by atomic mass is 9.97. The van der Waals surface area contributed by atoms with Crippen LogP contribution in [-0.4, -0.2) is 39.3 Å². The highest BCUT2D eigenvalue weighted by Crippen LogP contribution is 2.38. The number of hydrogen-bond donors (Lipinski definition) is 1. The third kappa shape index (κ3) is 4.83. The molecule has 1 atom stereocenters. The van der Waals surface area contributed by atoms with E-state index in [-0.39, 0.29) is 23.9 Å². The van der Waals surface area contributed by atoms with E-state index in [0.29, 0.717) is 29.9 Å². The van der Waals surface area contributed by atoms with E-state index >= 15 is 0 Å². The largest absolute Gasteiger partial charge is 0.492 e. The number of hydrazone groups is 1. The molecule has 0 saturated heterocycles. The lowest BCUT2D eigenvalue weighted by Gasteiger charge is -2.23. The summed E-state index contributed by atoms with van der Waals surface area (Å²) in [6, 6.07) is 15.0. The van der Waals surface area contributed by atoms with Crippen LogP contribution in [0.15, 0.2) is 53.6 Å². The third-order valence-electron chi connectivity index (χ3n) is 5.55. The van der Waals surface area contributed by atoms with Crippen molar-refractivity contribution in [3.8, 4) is 5.75 Å². The van der Waals surface area contributed by atoms with Crippen LogP contribution in [0.5, 0.6) is 5.75 Å². The van der Waals surface area contributed by atoms with E-state index in [1.165, 1.54) is 5.01 Å². The van der Waals surface area contributed by atoms with Crippen molar-refractivity contribution in [3.63, 3.8) is 0 Å². The molecule has 0 fully saturated rings. The zero-order valence-electron chi connectivity index (χ0n) is 18.4. The number of amides is 1. The second-order valence-corrected chi connectivity index (χ2v) is 8.25. The molecule has 7 nitrogen and oxygen atoms in total. The van der Waals surface area contributed by atoms with Gasteiger partial charge in [-0.25, -0.2) is 9.99 Å². The predicted molar refractivity (Wildman–Crippen MR) is 127 cm³/mol. The first-order valence-corrected chi connectivity index (χ1v) is 11.2. The molecule has 1 aromatic heterocycles. The minimum atomic E-state index is -1.03. The van der Waals surface area contributed by atoms with Gasteiger partial charge in [0.25, 0.3) is 0 Å². The molecule has 8 heteroatoms. The number of carbonyl (C=O) groups excluding carboxylic acids is 1. The van der Waals surface area contributed by atoms with Gasteiger partial charge in [0.15, 0.2) is 0 Å². The van der Waals surface area contributed by atoms with Gasteiger partial charge in [-0.1, -0.05) is 53.6 Å². The quantitative estimate of drug-likeness (QED) is 0.488.